The predicted molar refractivity (Wildman–Crippen MR) is 160 cm³/mol. The summed E-state index contributed by atoms with van der Waals surface area (Å²) < 4.78 is 19.7. The van der Waals surface area contributed by atoms with Crippen molar-refractivity contribution < 1.29 is 24.3 Å². The molecule has 3 atom stereocenters. The van der Waals surface area contributed by atoms with Gasteiger partial charge in [-0.2, -0.15) is 0 Å². The number of rotatable bonds is 1. The fourth-order valence-electron chi connectivity index (χ4n) is 5.27. The van der Waals surface area contributed by atoms with E-state index in [0.717, 1.165) is 22.5 Å². The van der Waals surface area contributed by atoms with Crippen LogP contribution < -0.4 is 10.2 Å². The molecule has 1 aliphatic carbocycles. The second-order valence-electron chi connectivity index (χ2n) is 15.3. The maximum Gasteiger partial charge on any atom is 0.309 e. The van der Waals surface area contributed by atoms with Gasteiger partial charge in [0.15, 0.2) is 0 Å². The largest absolute Gasteiger partial charge is 0.462 e. The van der Waals surface area contributed by atoms with Crippen LogP contribution in [-0.4, -0.2) is 47.6 Å². The van der Waals surface area contributed by atoms with Gasteiger partial charge >= 0.3 is 7.48 Å². The number of hydrogen-bond acceptors (Lipinski definition) is 5. The lowest BCUT2D eigenvalue weighted by Crippen LogP contribution is -2.72. The summed E-state index contributed by atoms with van der Waals surface area (Å²) in [4.78, 5) is 0. The van der Waals surface area contributed by atoms with E-state index >= 15 is 0 Å². The zero-order chi connectivity index (χ0) is 29.2. The number of fused-ring (bicyclic) bond motifs is 4. The van der Waals surface area contributed by atoms with Crippen molar-refractivity contribution in [3.05, 3.63) is 47.2 Å². The zero-order valence-electron chi connectivity index (χ0n) is 26.1. The highest BCUT2D eigenvalue weighted by atomic mass is 16.5. The maximum absolute atomic E-state index is 12.2. The molecule has 1 heterocycles. The number of benzene rings is 1. The van der Waals surface area contributed by atoms with Crippen LogP contribution in [0.2, 0.25) is 5.31 Å². The summed E-state index contributed by atoms with van der Waals surface area (Å²) in [6.07, 6.45) is 5.12. The number of aliphatic hydroxyl groups is 2. The maximum atomic E-state index is 12.2. The predicted octanol–water partition coefficient (Wildman–Crippen LogP) is 5.24. The van der Waals surface area contributed by atoms with Crippen molar-refractivity contribution in [3.63, 3.8) is 0 Å². The van der Waals surface area contributed by atoms with Crippen molar-refractivity contribution in [1.29, 1.82) is 0 Å². The Hall–Kier alpha value is -1.53. The van der Waals surface area contributed by atoms with Gasteiger partial charge in [0.25, 0.3) is 7.48 Å². The Morgan fingerprint density at radius 2 is 1.45 bits per heavy atom. The second-order valence-corrected chi connectivity index (χ2v) is 15.3. The molecule has 5 nitrogen and oxygen atoms in total. The third-order valence-electron chi connectivity index (χ3n) is 8.90. The summed E-state index contributed by atoms with van der Waals surface area (Å²) in [7, 11) is 0.558. The number of hydrogen-bond donors (Lipinski definition) is 2. The van der Waals surface area contributed by atoms with Crippen LogP contribution in [0, 0.1) is 5.41 Å². The van der Waals surface area contributed by atoms with Crippen LogP contribution in [0.1, 0.15) is 102 Å². The molecule has 0 fully saturated rings. The van der Waals surface area contributed by atoms with Crippen molar-refractivity contribution in [2.75, 3.05) is 0 Å². The van der Waals surface area contributed by atoms with Gasteiger partial charge in [0, 0.05) is 6.42 Å². The monoisotopic (exact) mass is 524 g/mol. The summed E-state index contributed by atoms with van der Waals surface area (Å²) in [5.41, 5.74) is -2.28. The van der Waals surface area contributed by atoms with E-state index in [4.69, 9.17) is 14.0 Å². The normalized spacial score (nSPS) is 30.6. The summed E-state index contributed by atoms with van der Waals surface area (Å²) in [6.45, 7) is 25.9. The molecular formula is C31H50B2O5. The molecule has 7 heteroatoms. The van der Waals surface area contributed by atoms with Gasteiger partial charge in [-0.1, -0.05) is 60.6 Å². The van der Waals surface area contributed by atoms with E-state index in [9.17, 15) is 10.2 Å². The van der Waals surface area contributed by atoms with Crippen LogP contribution >= 0.6 is 0 Å². The average molecular weight is 524 g/mol. The van der Waals surface area contributed by atoms with Crippen LogP contribution in [0.5, 0.6) is 5.75 Å². The molecule has 0 amide bonds. The van der Waals surface area contributed by atoms with E-state index in [2.05, 4.69) is 72.8 Å². The molecule has 210 valence electrons. The van der Waals surface area contributed by atoms with Gasteiger partial charge in [-0.25, -0.2) is 0 Å². The molecule has 0 aromatic heterocycles. The highest BCUT2D eigenvalue weighted by molar-refractivity contribution is 6.47. The molecule has 0 saturated heterocycles. The first-order chi connectivity index (χ1) is 16.9. The van der Waals surface area contributed by atoms with Gasteiger partial charge in [0.2, 0.25) is 0 Å². The molecular weight excluding hydrogens is 474 g/mol. The molecule has 4 bridgehead atoms. The number of allylic oxidation sites excluding steroid dienone is 4. The second kappa shape index (κ2) is 9.54. The molecule has 3 rings (SSSR count). The minimum absolute atomic E-state index is 0.0749. The van der Waals surface area contributed by atoms with E-state index in [1.807, 2.05) is 19.9 Å². The summed E-state index contributed by atoms with van der Waals surface area (Å²) in [6, 6.07) is 6.24. The zero-order valence-corrected chi connectivity index (χ0v) is 26.1. The van der Waals surface area contributed by atoms with E-state index in [0.29, 0.717) is 13.9 Å². The minimum Gasteiger partial charge on any atom is -0.462 e. The quantitative estimate of drug-likeness (QED) is 0.493. The van der Waals surface area contributed by atoms with Crippen LogP contribution in [0.15, 0.2) is 41.7 Å². The molecule has 2 N–H and O–H groups in total. The van der Waals surface area contributed by atoms with Gasteiger partial charge in [-0.15, -0.1) is 0 Å². The van der Waals surface area contributed by atoms with Gasteiger partial charge in [0.05, 0.1) is 11.2 Å². The summed E-state index contributed by atoms with van der Waals surface area (Å²) in [5.74, 6) is 1.65. The van der Waals surface area contributed by atoms with Crippen LogP contribution in [0.4, 0.5) is 0 Å². The van der Waals surface area contributed by atoms with E-state index in [-0.39, 0.29) is 23.6 Å². The smallest absolute Gasteiger partial charge is 0.309 e. The molecule has 1 aromatic carbocycles. The van der Waals surface area contributed by atoms with Crippen molar-refractivity contribution >= 4 is 20.4 Å². The average Bonchev–Trinajstić information content (AvgIpc) is 2.73. The Labute approximate surface area is 232 Å². The standard InChI is InChI=1S/C31H50B2O5/c1-25(2,3)20-14-22-17-23(15-20)36-24-16-21(26(4,5)6)18-29(11,19-24)33-37-28(9,10)30(12,35)31(13,38-32-22)27(7,8)34/h14-18,32-35H,19H2,1-13H3. The van der Waals surface area contributed by atoms with Gasteiger partial charge in [-0.05, 0) is 92.5 Å². The molecule has 2 aliphatic rings. The lowest BCUT2D eigenvalue weighted by Gasteiger charge is -2.56. The fourth-order valence-corrected chi connectivity index (χ4v) is 5.27. The first-order valence-electron chi connectivity index (χ1n) is 13.9. The molecule has 38 heavy (non-hydrogen) atoms. The lowest BCUT2D eigenvalue weighted by molar-refractivity contribution is -0.254. The topological polar surface area (TPSA) is 68.2 Å². The Morgan fingerprint density at radius 1 is 0.842 bits per heavy atom. The molecule has 1 aliphatic heterocycles. The van der Waals surface area contributed by atoms with Gasteiger partial charge in [0.1, 0.15) is 22.7 Å². The Bertz CT molecular complexity index is 1110. The minimum atomic E-state index is -1.55. The molecule has 3 unspecified atom stereocenters. The summed E-state index contributed by atoms with van der Waals surface area (Å²) >= 11 is 0. The summed E-state index contributed by atoms with van der Waals surface area (Å²) in [5, 5.41) is 23.2. The van der Waals surface area contributed by atoms with Gasteiger partial charge < -0.3 is 24.3 Å². The third-order valence-corrected chi connectivity index (χ3v) is 8.90. The first kappa shape index (κ1) is 31.0. The molecule has 0 spiro atoms. The fraction of sp³-hybridized carbons (Fsp3) is 0.677. The van der Waals surface area contributed by atoms with E-state index < -0.39 is 22.4 Å². The van der Waals surface area contributed by atoms with Crippen molar-refractivity contribution in [2.24, 2.45) is 5.41 Å². The van der Waals surface area contributed by atoms with Crippen molar-refractivity contribution in [3.8, 4) is 5.75 Å². The van der Waals surface area contributed by atoms with E-state index in [1.54, 1.807) is 27.7 Å². The van der Waals surface area contributed by atoms with Crippen LogP contribution in [0.3, 0.4) is 0 Å². The van der Waals surface area contributed by atoms with E-state index in [1.165, 1.54) is 5.57 Å². The molecule has 0 saturated carbocycles. The van der Waals surface area contributed by atoms with Crippen LogP contribution in [0.25, 0.3) is 0 Å². The number of ether oxygens (including phenoxy) is 1. The lowest BCUT2D eigenvalue weighted by atomic mass is 9.57. The highest BCUT2D eigenvalue weighted by Crippen LogP contribution is 2.48. The highest BCUT2D eigenvalue weighted by Gasteiger charge is 2.61. The Morgan fingerprint density at radius 3 is 1.97 bits per heavy atom. The molecule has 1 aromatic rings. The first-order valence-corrected chi connectivity index (χ1v) is 13.9. The third kappa shape index (κ3) is 5.96. The van der Waals surface area contributed by atoms with Gasteiger partial charge in [-0.3, -0.25) is 0 Å². The molecule has 0 radical (unpaired) electrons. The van der Waals surface area contributed by atoms with Crippen LogP contribution in [-0.2, 0) is 14.7 Å². The van der Waals surface area contributed by atoms with Crippen molar-refractivity contribution in [1.82, 2.24) is 0 Å². The Kier molecular flexibility index (Phi) is 7.78. The van der Waals surface area contributed by atoms with Crippen molar-refractivity contribution in [2.45, 2.75) is 130 Å². The SMILES string of the molecule is CC12BOC(C)(C)C(C)(O)C(C)(C(C)(C)O)OBc3cc(cc(C(C)(C)C)c3)OC(=CC(C(C)(C)C)=C1)C2. The Balaban J connectivity index is 2.26.